The molecule has 2 heterocycles. The molecule has 2 aliphatic rings. The second-order valence-corrected chi connectivity index (χ2v) is 10.2. The van der Waals surface area contributed by atoms with Gasteiger partial charge < -0.3 is 19.7 Å². The second-order valence-electron chi connectivity index (χ2n) is 9.16. The van der Waals surface area contributed by atoms with Crippen LogP contribution in [0.25, 0.3) is 0 Å². The fraction of sp³-hybridized carbons (Fsp3) is 0.357. The standard InChI is InChI=1S/C28H31N3O4S/c1-34-25-12-11-20(16-26(25)35-19-24-10-5-15-36-24)18-31(22-7-2-3-8-22)27(32)21-6-4-9-23(17-21)30-14-13-29-28(30)33/h4-6,9-12,15-17,22H,2-3,7-8,13-14,18-19H2,1H3,(H,29,33). The monoisotopic (exact) mass is 505 g/mol. The van der Waals surface area contributed by atoms with Crippen LogP contribution in [0.5, 0.6) is 11.5 Å². The van der Waals surface area contributed by atoms with Crippen molar-refractivity contribution in [2.24, 2.45) is 0 Å². The molecule has 188 valence electrons. The van der Waals surface area contributed by atoms with Gasteiger partial charge in [0.15, 0.2) is 11.5 Å². The summed E-state index contributed by atoms with van der Waals surface area (Å²) >= 11 is 1.65. The van der Waals surface area contributed by atoms with Gasteiger partial charge in [-0.15, -0.1) is 11.3 Å². The normalized spacial score (nSPS) is 15.7. The maximum absolute atomic E-state index is 13.8. The third kappa shape index (κ3) is 5.33. The largest absolute Gasteiger partial charge is 0.493 e. The van der Waals surface area contributed by atoms with E-state index in [-0.39, 0.29) is 18.0 Å². The van der Waals surface area contributed by atoms with Gasteiger partial charge in [-0.1, -0.05) is 31.0 Å². The summed E-state index contributed by atoms with van der Waals surface area (Å²) in [6, 6.07) is 17.4. The van der Waals surface area contributed by atoms with Gasteiger partial charge in [0.1, 0.15) is 6.61 Å². The van der Waals surface area contributed by atoms with E-state index in [1.807, 2.05) is 64.9 Å². The minimum absolute atomic E-state index is 0.0137. The van der Waals surface area contributed by atoms with Gasteiger partial charge in [0.05, 0.1) is 7.11 Å². The zero-order valence-corrected chi connectivity index (χ0v) is 21.3. The molecule has 5 rings (SSSR count). The van der Waals surface area contributed by atoms with Gasteiger partial charge in [-0.3, -0.25) is 9.69 Å². The number of urea groups is 1. The van der Waals surface area contributed by atoms with Gasteiger partial charge in [-0.25, -0.2) is 4.79 Å². The van der Waals surface area contributed by atoms with Gasteiger partial charge in [-0.2, -0.15) is 0 Å². The Kier molecular flexibility index (Phi) is 7.41. The number of benzene rings is 2. The van der Waals surface area contributed by atoms with Gasteiger partial charge in [0, 0.05) is 41.8 Å². The number of nitrogens with one attached hydrogen (secondary N) is 1. The van der Waals surface area contributed by atoms with E-state index in [9.17, 15) is 9.59 Å². The van der Waals surface area contributed by atoms with Crippen LogP contribution in [0.3, 0.4) is 0 Å². The second kappa shape index (κ2) is 11.0. The lowest BCUT2D eigenvalue weighted by atomic mass is 10.1. The van der Waals surface area contributed by atoms with Crippen molar-refractivity contribution in [2.45, 2.75) is 44.9 Å². The number of amides is 3. The van der Waals surface area contributed by atoms with Gasteiger partial charge in [-0.05, 0) is 60.2 Å². The van der Waals surface area contributed by atoms with Crippen molar-refractivity contribution < 1.29 is 19.1 Å². The number of carbonyl (C=O) groups is 2. The number of carbonyl (C=O) groups excluding carboxylic acids is 2. The SMILES string of the molecule is COc1ccc(CN(C(=O)c2cccc(N3CCNC3=O)c2)C2CCCC2)cc1OCc1cccs1. The van der Waals surface area contributed by atoms with Crippen molar-refractivity contribution in [2.75, 3.05) is 25.1 Å². The predicted molar refractivity (Wildman–Crippen MR) is 141 cm³/mol. The van der Waals surface area contributed by atoms with Crippen LogP contribution in [0.4, 0.5) is 10.5 Å². The highest BCUT2D eigenvalue weighted by Crippen LogP contribution is 2.32. The number of thiophene rings is 1. The van der Waals surface area contributed by atoms with E-state index in [2.05, 4.69) is 5.32 Å². The number of nitrogens with zero attached hydrogens (tertiary/aromatic N) is 2. The lowest BCUT2D eigenvalue weighted by Gasteiger charge is -2.30. The minimum atomic E-state index is -0.124. The number of rotatable bonds is 9. The maximum Gasteiger partial charge on any atom is 0.321 e. The first-order valence-corrected chi connectivity index (χ1v) is 13.3. The Balaban J connectivity index is 1.38. The number of hydrogen-bond donors (Lipinski definition) is 1. The van der Waals surface area contributed by atoms with Crippen molar-refractivity contribution in [3.05, 3.63) is 76.0 Å². The third-order valence-corrected chi connectivity index (χ3v) is 7.67. The highest BCUT2D eigenvalue weighted by molar-refractivity contribution is 7.09. The minimum Gasteiger partial charge on any atom is -0.493 e. The molecular weight excluding hydrogens is 474 g/mol. The average molecular weight is 506 g/mol. The Bertz CT molecular complexity index is 1210. The van der Waals surface area contributed by atoms with Crippen molar-refractivity contribution in [1.29, 1.82) is 0 Å². The quantitative estimate of drug-likeness (QED) is 0.420. The van der Waals surface area contributed by atoms with Crippen molar-refractivity contribution in [3.63, 3.8) is 0 Å². The van der Waals surface area contributed by atoms with E-state index >= 15 is 0 Å². The van der Waals surface area contributed by atoms with Crippen molar-refractivity contribution in [1.82, 2.24) is 10.2 Å². The first-order valence-electron chi connectivity index (χ1n) is 12.4. The smallest absolute Gasteiger partial charge is 0.321 e. The van der Waals surface area contributed by atoms with Gasteiger partial charge in [0.25, 0.3) is 5.91 Å². The predicted octanol–water partition coefficient (Wildman–Crippen LogP) is 5.45. The van der Waals surface area contributed by atoms with E-state index in [1.54, 1.807) is 23.3 Å². The first kappa shape index (κ1) is 24.2. The van der Waals surface area contributed by atoms with Crippen LogP contribution in [0.2, 0.25) is 0 Å². The zero-order valence-electron chi connectivity index (χ0n) is 20.4. The fourth-order valence-corrected chi connectivity index (χ4v) is 5.56. The van der Waals surface area contributed by atoms with Crippen LogP contribution in [-0.4, -0.2) is 43.1 Å². The third-order valence-electron chi connectivity index (χ3n) is 6.82. The average Bonchev–Trinajstić information content (AvgIpc) is 3.69. The number of ether oxygens (including phenoxy) is 2. The molecule has 3 aromatic rings. The summed E-state index contributed by atoms with van der Waals surface area (Å²) in [5.74, 6) is 1.33. The Morgan fingerprint density at radius 1 is 1.11 bits per heavy atom. The fourth-order valence-electron chi connectivity index (χ4n) is 4.95. The molecule has 1 N–H and O–H groups in total. The Labute approximate surface area is 215 Å². The summed E-state index contributed by atoms with van der Waals surface area (Å²) in [7, 11) is 1.63. The molecule has 0 unspecified atom stereocenters. The summed E-state index contributed by atoms with van der Waals surface area (Å²) in [4.78, 5) is 30.8. The lowest BCUT2D eigenvalue weighted by molar-refractivity contribution is 0.0664. The molecule has 0 spiro atoms. The summed E-state index contributed by atoms with van der Waals surface area (Å²) in [5, 5.41) is 4.85. The Hall–Kier alpha value is -3.52. The highest BCUT2D eigenvalue weighted by Gasteiger charge is 2.29. The van der Waals surface area contributed by atoms with Crippen LogP contribution in [-0.2, 0) is 13.2 Å². The van der Waals surface area contributed by atoms with Crippen LogP contribution in [0, 0.1) is 0 Å². The molecule has 2 aromatic carbocycles. The number of methoxy groups -OCH3 is 1. The first-order chi connectivity index (χ1) is 17.6. The molecule has 0 bridgehead atoms. The number of anilines is 1. The van der Waals surface area contributed by atoms with Crippen LogP contribution in [0.1, 0.15) is 46.5 Å². The molecule has 1 saturated heterocycles. The molecule has 0 radical (unpaired) electrons. The summed E-state index contributed by atoms with van der Waals surface area (Å²) in [6.07, 6.45) is 4.25. The molecule has 8 heteroatoms. The highest BCUT2D eigenvalue weighted by atomic mass is 32.1. The van der Waals surface area contributed by atoms with E-state index in [1.165, 1.54) is 0 Å². The van der Waals surface area contributed by atoms with Crippen LogP contribution in [0.15, 0.2) is 60.0 Å². The maximum atomic E-state index is 13.8. The lowest BCUT2D eigenvalue weighted by Crippen LogP contribution is -2.38. The van der Waals surface area contributed by atoms with E-state index in [0.717, 1.165) is 41.8 Å². The van der Waals surface area contributed by atoms with E-state index in [0.29, 0.717) is 43.3 Å². The molecule has 1 aliphatic carbocycles. The molecule has 1 aromatic heterocycles. The van der Waals surface area contributed by atoms with Gasteiger partial charge >= 0.3 is 6.03 Å². The topological polar surface area (TPSA) is 71.1 Å². The zero-order chi connectivity index (χ0) is 24.9. The molecule has 0 atom stereocenters. The van der Waals surface area contributed by atoms with Crippen molar-refractivity contribution in [3.8, 4) is 11.5 Å². The van der Waals surface area contributed by atoms with Crippen molar-refractivity contribution >= 4 is 29.0 Å². The van der Waals surface area contributed by atoms with E-state index < -0.39 is 0 Å². The molecule has 7 nitrogen and oxygen atoms in total. The number of hydrogen-bond acceptors (Lipinski definition) is 5. The summed E-state index contributed by atoms with van der Waals surface area (Å²) in [6.45, 7) is 2.17. The van der Waals surface area contributed by atoms with Crippen LogP contribution >= 0.6 is 11.3 Å². The van der Waals surface area contributed by atoms with Crippen LogP contribution < -0.4 is 19.7 Å². The molecule has 2 fully saturated rings. The molecule has 3 amide bonds. The molecule has 1 saturated carbocycles. The molecular formula is C28H31N3O4S. The Morgan fingerprint density at radius 2 is 1.97 bits per heavy atom. The van der Waals surface area contributed by atoms with Gasteiger partial charge in [0.2, 0.25) is 0 Å². The molecule has 1 aliphatic heterocycles. The molecule has 36 heavy (non-hydrogen) atoms. The van der Waals surface area contributed by atoms with E-state index in [4.69, 9.17) is 9.47 Å². The summed E-state index contributed by atoms with van der Waals surface area (Å²) in [5.41, 5.74) is 2.34. The Morgan fingerprint density at radius 3 is 2.69 bits per heavy atom. The summed E-state index contributed by atoms with van der Waals surface area (Å²) < 4.78 is 11.6.